The molecule has 1 aromatic heterocycles. The number of urea groups is 1. The summed E-state index contributed by atoms with van der Waals surface area (Å²) in [6.07, 6.45) is 2.24. The highest BCUT2D eigenvalue weighted by molar-refractivity contribution is 5.76. The number of para-hydroxylation sites is 2. The fourth-order valence-corrected chi connectivity index (χ4v) is 2.69. The Morgan fingerprint density at radius 1 is 1.39 bits per heavy atom. The number of fused-ring (bicyclic) bond motifs is 1. The van der Waals surface area contributed by atoms with Crippen molar-refractivity contribution in [1.82, 2.24) is 20.2 Å². The van der Waals surface area contributed by atoms with Crippen LogP contribution in [-0.4, -0.2) is 39.9 Å². The van der Waals surface area contributed by atoms with Crippen LogP contribution in [0.4, 0.5) is 4.79 Å². The van der Waals surface area contributed by atoms with E-state index < -0.39 is 0 Å². The van der Waals surface area contributed by atoms with Crippen LogP contribution < -0.4 is 10.6 Å². The third kappa shape index (κ3) is 4.69. The van der Waals surface area contributed by atoms with Crippen molar-refractivity contribution in [2.24, 2.45) is 0 Å². The second kappa shape index (κ2) is 8.53. The topological polar surface area (TPSA) is 79.2 Å². The Balaban J connectivity index is 1.78. The third-order valence-electron chi connectivity index (χ3n) is 4.00. The molecule has 2 aromatic rings. The Labute approximate surface area is 136 Å². The Morgan fingerprint density at radius 2 is 2.17 bits per heavy atom. The van der Waals surface area contributed by atoms with Gasteiger partial charge in [-0.05, 0) is 38.3 Å². The van der Waals surface area contributed by atoms with Gasteiger partial charge in [0.2, 0.25) is 0 Å². The first-order valence-corrected chi connectivity index (χ1v) is 8.22. The number of hydrogen-bond donors (Lipinski definition) is 3. The zero-order valence-electron chi connectivity index (χ0n) is 13.9. The summed E-state index contributed by atoms with van der Waals surface area (Å²) in [7, 11) is 0. The van der Waals surface area contributed by atoms with E-state index in [-0.39, 0.29) is 18.7 Å². The molecule has 23 heavy (non-hydrogen) atoms. The molecule has 0 spiro atoms. The first kappa shape index (κ1) is 17.3. The normalized spacial score (nSPS) is 12.3. The number of nitrogens with one attached hydrogen (secondary N) is 2. The molecule has 6 heteroatoms. The second-order valence-electron chi connectivity index (χ2n) is 5.67. The van der Waals surface area contributed by atoms with E-state index in [4.69, 9.17) is 5.11 Å². The van der Waals surface area contributed by atoms with E-state index >= 15 is 0 Å². The first-order valence-electron chi connectivity index (χ1n) is 8.22. The largest absolute Gasteiger partial charge is 0.396 e. The summed E-state index contributed by atoms with van der Waals surface area (Å²) >= 11 is 0. The number of benzene rings is 1. The molecule has 0 aliphatic heterocycles. The van der Waals surface area contributed by atoms with Crippen molar-refractivity contribution < 1.29 is 9.90 Å². The molecule has 2 amide bonds. The molecular weight excluding hydrogens is 292 g/mol. The molecular formula is C17H26N4O2. The number of carbonyl (C=O) groups is 1. The van der Waals surface area contributed by atoms with E-state index in [0.29, 0.717) is 13.0 Å². The summed E-state index contributed by atoms with van der Waals surface area (Å²) in [6.45, 7) is 5.51. The van der Waals surface area contributed by atoms with Crippen molar-refractivity contribution in [3.8, 4) is 0 Å². The number of aliphatic hydroxyl groups excluding tert-OH is 1. The average Bonchev–Trinajstić information content (AvgIpc) is 2.86. The summed E-state index contributed by atoms with van der Waals surface area (Å²) in [5, 5.41) is 14.7. The van der Waals surface area contributed by atoms with Crippen molar-refractivity contribution in [2.75, 3.05) is 13.2 Å². The lowest BCUT2D eigenvalue weighted by Gasteiger charge is -2.16. The van der Waals surface area contributed by atoms with E-state index in [0.717, 1.165) is 36.2 Å². The van der Waals surface area contributed by atoms with Crippen LogP contribution in [0.25, 0.3) is 11.0 Å². The minimum Gasteiger partial charge on any atom is -0.396 e. The molecule has 0 saturated heterocycles. The molecule has 1 aromatic carbocycles. The van der Waals surface area contributed by atoms with E-state index in [1.54, 1.807) is 0 Å². The summed E-state index contributed by atoms with van der Waals surface area (Å²) in [4.78, 5) is 16.3. The zero-order chi connectivity index (χ0) is 16.7. The molecule has 1 heterocycles. The van der Waals surface area contributed by atoms with Crippen LogP contribution in [0.1, 0.15) is 32.0 Å². The molecule has 6 nitrogen and oxygen atoms in total. The average molecular weight is 318 g/mol. The van der Waals surface area contributed by atoms with Crippen LogP contribution in [0.5, 0.6) is 0 Å². The SMILES string of the molecule is CCC(CCO)NC(=O)NCCCn1c(C)nc2ccccc21. The first-order chi connectivity index (χ1) is 11.2. The number of imidazole rings is 1. The Hall–Kier alpha value is -2.08. The zero-order valence-corrected chi connectivity index (χ0v) is 13.9. The molecule has 2 rings (SSSR count). The van der Waals surface area contributed by atoms with E-state index in [2.05, 4.69) is 26.3 Å². The van der Waals surface area contributed by atoms with Crippen LogP contribution in [0, 0.1) is 6.92 Å². The molecule has 0 bridgehead atoms. The monoisotopic (exact) mass is 318 g/mol. The van der Waals surface area contributed by atoms with Crippen LogP contribution >= 0.6 is 0 Å². The maximum absolute atomic E-state index is 11.8. The number of nitrogens with zero attached hydrogens (tertiary/aromatic N) is 2. The molecule has 0 fully saturated rings. The van der Waals surface area contributed by atoms with Crippen molar-refractivity contribution in [3.63, 3.8) is 0 Å². The lowest BCUT2D eigenvalue weighted by atomic mass is 10.2. The fourth-order valence-electron chi connectivity index (χ4n) is 2.69. The van der Waals surface area contributed by atoms with Crippen molar-refractivity contribution in [3.05, 3.63) is 30.1 Å². The van der Waals surface area contributed by atoms with Gasteiger partial charge in [0.15, 0.2) is 0 Å². The van der Waals surface area contributed by atoms with Gasteiger partial charge < -0.3 is 20.3 Å². The molecule has 3 N–H and O–H groups in total. The van der Waals surface area contributed by atoms with Crippen LogP contribution in [-0.2, 0) is 6.54 Å². The fraction of sp³-hybridized carbons (Fsp3) is 0.529. The van der Waals surface area contributed by atoms with E-state index in [1.165, 1.54) is 0 Å². The number of carbonyl (C=O) groups excluding carboxylic acids is 1. The molecule has 0 aliphatic carbocycles. The number of aryl methyl sites for hydroxylation is 2. The van der Waals surface area contributed by atoms with Gasteiger partial charge in [0, 0.05) is 25.7 Å². The molecule has 0 radical (unpaired) electrons. The number of aliphatic hydroxyl groups is 1. The molecule has 0 aliphatic rings. The van der Waals surface area contributed by atoms with Crippen molar-refractivity contribution in [2.45, 2.75) is 45.7 Å². The second-order valence-corrected chi connectivity index (χ2v) is 5.67. The maximum atomic E-state index is 11.8. The van der Waals surface area contributed by atoms with Gasteiger partial charge in [-0.25, -0.2) is 9.78 Å². The number of aromatic nitrogens is 2. The van der Waals surface area contributed by atoms with Crippen LogP contribution in [0.2, 0.25) is 0 Å². The quantitative estimate of drug-likeness (QED) is 0.653. The van der Waals surface area contributed by atoms with Gasteiger partial charge >= 0.3 is 6.03 Å². The highest BCUT2D eigenvalue weighted by Crippen LogP contribution is 2.15. The minimum atomic E-state index is -0.169. The Bertz CT molecular complexity index is 639. The van der Waals surface area contributed by atoms with Crippen LogP contribution in [0.3, 0.4) is 0 Å². The number of amides is 2. The van der Waals surface area contributed by atoms with Gasteiger partial charge in [-0.1, -0.05) is 19.1 Å². The standard InChI is InChI=1S/C17H26N4O2/c1-3-14(9-12-22)20-17(23)18-10-6-11-21-13(2)19-15-7-4-5-8-16(15)21/h4-5,7-8,14,22H,3,6,9-12H2,1-2H3,(H2,18,20,23). The molecule has 0 saturated carbocycles. The third-order valence-corrected chi connectivity index (χ3v) is 4.00. The Morgan fingerprint density at radius 3 is 2.91 bits per heavy atom. The van der Waals surface area contributed by atoms with Gasteiger partial charge in [0.25, 0.3) is 0 Å². The molecule has 1 unspecified atom stereocenters. The maximum Gasteiger partial charge on any atom is 0.315 e. The lowest BCUT2D eigenvalue weighted by Crippen LogP contribution is -2.42. The van der Waals surface area contributed by atoms with E-state index in [9.17, 15) is 4.79 Å². The Kier molecular flexibility index (Phi) is 6.40. The number of hydrogen-bond acceptors (Lipinski definition) is 3. The minimum absolute atomic E-state index is 0.0276. The van der Waals surface area contributed by atoms with Gasteiger partial charge in [-0.2, -0.15) is 0 Å². The molecule has 126 valence electrons. The van der Waals surface area contributed by atoms with Gasteiger partial charge in [-0.3, -0.25) is 0 Å². The van der Waals surface area contributed by atoms with E-state index in [1.807, 2.05) is 32.0 Å². The lowest BCUT2D eigenvalue weighted by molar-refractivity contribution is 0.228. The van der Waals surface area contributed by atoms with Crippen molar-refractivity contribution >= 4 is 17.1 Å². The predicted molar refractivity (Wildman–Crippen MR) is 91.4 cm³/mol. The summed E-state index contributed by atoms with van der Waals surface area (Å²) in [5.41, 5.74) is 2.13. The van der Waals surface area contributed by atoms with Gasteiger partial charge in [0.1, 0.15) is 5.82 Å². The molecule has 1 atom stereocenters. The van der Waals surface area contributed by atoms with Crippen LogP contribution in [0.15, 0.2) is 24.3 Å². The summed E-state index contributed by atoms with van der Waals surface area (Å²) < 4.78 is 2.18. The highest BCUT2D eigenvalue weighted by Gasteiger charge is 2.09. The highest BCUT2D eigenvalue weighted by atomic mass is 16.3. The predicted octanol–water partition coefficient (Wildman–Crippen LogP) is 2.20. The smallest absolute Gasteiger partial charge is 0.315 e. The summed E-state index contributed by atoms with van der Waals surface area (Å²) in [6, 6.07) is 7.93. The summed E-state index contributed by atoms with van der Waals surface area (Å²) in [5.74, 6) is 0.990. The number of rotatable bonds is 8. The van der Waals surface area contributed by atoms with Gasteiger partial charge in [0.05, 0.1) is 11.0 Å². The van der Waals surface area contributed by atoms with Crippen molar-refractivity contribution in [1.29, 1.82) is 0 Å². The van der Waals surface area contributed by atoms with Gasteiger partial charge in [-0.15, -0.1) is 0 Å².